The van der Waals surface area contributed by atoms with Gasteiger partial charge in [0.2, 0.25) is 5.82 Å². The molecule has 7 nitrogen and oxygen atoms in total. The van der Waals surface area contributed by atoms with Crippen molar-refractivity contribution in [2.24, 2.45) is 0 Å². The minimum absolute atomic E-state index is 0.0525. The second-order valence-electron chi connectivity index (χ2n) is 3.55. The largest absolute Gasteiger partial charge is 0.468 e. The Morgan fingerprint density at radius 2 is 2.11 bits per heavy atom. The lowest BCUT2D eigenvalue weighted by atomic mass is 10.2. The first-order valence-corrected chi connectivity index (χ1v) is 5.58. The van der Waals surface area contributed by atoms with E-state index in [2.05, 4.69) is 9.97 Å². The molecule has 0 atom stereocenters. The van der Waals surface area contributed by atoms with Gasteiger partial charge in [0, 0.05) is 10.6 Å². The first-order chi connectivity index (χ1) is 9.09. The number of nitrogen functional groups attached to an aromatic ring is 1. The van der Waals surface area contributed by atoms with E-state index in [1.807, 2.05) is 0 Å². The molecule has 98 valence electrons. The summed E-state index contributed by atoms with van der Waals surface area (Å²) >= 11 is 5.95. The van der Waals surface area contributed by atoms with Crippen LogP contribution in [0.1, 0.15) is 5.56 Å². The normalized spacial score (nSPS) is 10.2. The number of rotatable bonds is 4. The van der Waals surface area contributed by atoms with Crippen molar-refractivity contribution in [3.05, 3.63) is 51.3 Å². The maximum Gasteiger partial charge on any atom is 0.372 e. The predicted octanol–water partition coefficient (Wildman–Crippen LogP) is 2.20. The Bertz CT molecular complexity index is 621. The Labute approximate surface area is 113 Å². The first-order valence-electron chi connectivity index (χ1n) is 5.20. The van der Waals surface area contributed by atoms with Crippen LogP contribution in [0.5, 0.6) is 5.88 Å². The Balaban J connectivity index is 2.23. The molecular weight excluding hydrogens is 272 g/mol. The second kappa shape index (κ2) is 5.49. The van der Waals surface area contributed by atoms with Gasteiger partial charge in [-0.05, 0) is 6.07 Å². The van der Waals surface area contributed by atoms with Crippen molar-refractivity contribution < 1.29 is 9.66 Å². The molecule has 2 aromatic rings. The molecule has 1 aromatic carbocycles. The fraction of sp³-hybridized carbons (Fsp3) is 0.0909. The number of nitrogens with zero attached hydrogens (tertiary/aromatic N) is 3. The van der Waals surface area contributed by atoms with Crippen LogP contribution in [-0.2, 0) is 6.61 Å². The zero-order valence-corrected chi connectivity index (χ0v) is 10.4. The van der Waals surface area contributed by atoms with Gasteiger partial charge in [0.15, 0.2) is 0 Å². The lowest BCUT2D eigenvalue weighted by Gasteiger charge is -2.07. The molecule has 1 heterocycles. The van der Waals surface area contributed by atoms with E-state index in [1.54, 1.807) is 24.3 Å². The van der Waals surface area contributed by atoms with Crippen molar-refractivity contribution in [3.63, 3.8) is 0 Å². The van der Waals surface area contributed by atoms with E-state index in [4.69, 9.17) is 22.1 Å². The van der Waals surface area contributed by atoms with Gasteiger partial charge in [-0.2, -0.15) is 4.98 Å². The van der Waals surface area contributed by atoms with E-state index in [0.29, 0.717) is 10.6 Å². The lowest BCUT2D eigenvalue weighted by Crippen LogP contribution is -2.05. The maximum absolute atomic E-state index is 10.9. The van der Waals surface area contributed by atoms with Crippen LogP contribution in [0.3, 0.4) is 0 Å². The number of hydrogen-bond acceptors (Lipinski definition) is 6. The minimum Gasteiger partial charge on any atom is -0.468 e. The van der Waals surface area contributed by atoms with Crippen LogP contribution in [0, 0.1) is 10.1 Å². The predicted molar refractivity (Wildman–Crippen MR) is 68.9 cm³/mol. The van der Waals surface area contributed by atoms with Crippen LogP contribution in [-0.4, -0.2) is 14.9 Å². The van der Waals surface area contributed by atoms with Gasteiger partial charge in [-0.25, -0.2) is 4.98 Å². The van der Waals surface area contributed by atoms with E-state index in [0.717, 1.165) is 6.33 Å². The van der Waals surface area contributed by atoms with Crippen molar-refractivity contribution in [2.75, 3.05) is 5.73 Å². The lowest BCUT2D eigenvalue weighted by molar-refractivity contribution is -0.385. The Morgan fingerprint density at radius 3 is 2.79 bits per heavy atom. The molecule has 2 N–H and O–H groups in total. The standard InChI is InChI=1S/C11H9ClN4O3/c12-8-4-2-1-3-7(8)5-19-11-9(16(17)18)10(13)14-6-15-11/h1-4,6H,5H2,(H2,13,14,15). The minimum atomic E-state index is -0.683. The van der Waals surface area contributed by atoms with Gasteiger partial charge in [-0.3, -0.25) is 10.1 Å². The smallest absolute Gasteiger partial charge is 0.372 e. The van der Waals surface area contributed by atoms with Crippen LogP contribution >= 0.6 is 11.6 Å². The molecule has 0 unspecified atom stereocenters. The highest BCUT2D eigenvalue weighted by Crippen LogP contribution is 2.29. The molecule has 0 saturated carbocycles. The summed E-state index contributed by atoms with van der Waals surface area (Å²) in [5, 5.41) is 11.4. The average Bonchev–Trinajstić information content (AvgIpc) is 2.37. The van der Waals surface area contributed by atoms with Gasteiger partial charge in [-0.15, -0.1) is 0 Å². The quantitative estimate of drug-likeness (QED) is 0.680. The molecule has 8 heteroatoms. The Hall–Kier alpha value is -2.41. The third kappa shape index (κ3) is 2.89. The van der Waals surface area contributed by atoms with Crippen molar-refractivity contribution in [1.82, 2.24) is 9.97 Å². The molecule has 2 rings (SSSR count). The van der Waals surface area contributed by atoms with Crippen molar-refractivity contribution >= 4 is 23.1 Å². The monoisotopic (exact) mass is 280 g/mol. The fourth-order valence-electron chi connectivity index (χ4n) is 1.41. The van der Waals surface area contributed by atoms with Gasteiger partial charge in [0.25, 0.3) is 5.88 Å². The number of ether oxygens (including phenoxy) is 1. The summed E-state index contributed by atoms with van der Waals surface area (Å²) < 4.78 is 5.29. The maximum atomic E-state index is 10.9. The van der Waals surface area contributed by atoms with Crippen LogP contribution in [0.4, 0.5) is 11.5 Å². The first kappa shape index (κ1) is 13.0. The summed E-state index contributed by atoms with van der Waals surface area (Å²) in [7, 11) is 0. The molecule has 0 aliphatic carbocycles. The Kier molecular flexibility index (Phi) is 3.76. The van der Waals surface area contributed by atoms with Gasteiger partial charge in [-0.1, -0.05) is 29.8 Å². The molecule has 19 heavy (non-hydrogen) atoms. The number of benzene rings is 1. The summed E-state index contributed by atoms with van der Waals surface area (Å²) in [6.45, 7) is 0.0525. The number of anilines is 1. The summed E-state index contributed by atoms with van der Waals surface area (Å²) in [4.78, 5) is 17.4. The third-order valence-corrected chi connectivity index (χ3v) is 2.69. The molecule has 0 radical (unpaired) electrons. The van der Waals surface area contributed by atoms with Gasteiger partial charge in [0.05, 0.1) is 4.92 Å². The molecule has 1 aromatic heterocycles. The van der Waals surface area contributed by atoms with Gasteiger partial charge in [0.1, 0.15) is 12.9 Å². The van der Waals surface area contributed by atoms with E-state index in [9.17, 15) is 10.1 Å². The van der Waals surface area contributed by atoms with E-state index in [1.165, 1.54) is 0 Å². The summed E-state index contributed by atoms with van der Waals surface area (Å²) in [6, 6.07) is 7.01. The zero-order chi connectivity index (χ0) is 13.8. The molecule has 0 aliphatic rings. The van der Waals surface area contributed by atoms with Crippen molar-refractivity contribution in [3.8, 4) is 5.88 Å². The highest BCUT2D eigenvalue weighted by atomic mass is 35.5. The molecular formula is C11H9ClN4O3. The summed E-state index contributed by atoms with van der Waals surface area (Å²) in [5.74, 6) is -0.424. The third-order valence-electron chi connectivity index (χ3n) is 2.32. The highest BCUT2D eigenvalue weighted by molar-refractivity contribution is 6.31. The number of halogens is 1. The number of nitrogens with two attached hydrogens (primary N) is 1. The Morgan fingerprint density at radius 1 is 1.37 bits per heavy atom. The SMILES string of the molecule is Nc1ncnc(OCc2ccccc2Cl)c1[N+](=O)[O-]. The van der Waals surface area contributed by atoms with Gasteiger partial charge < -0.3 is 10.5 Å². The average molecular weight is 281 g/mol. The molecule has 0 spiro atoms. The molecule has 0 bridgehead atoms. The summed E-state index contributed by atoms with van der Waals surface area (Å²) in [6.07, 6.45) is 1.10. The van der Waals surface area contributed by atoms with Crippen molar-refractivity contribution in [2.45, 2.75) is 6.61 Å². The van der Waals surface area contributed by atoms with E-state index in [-0.39, 0.29) is 18.3 Å². The molecule has 0 amide bonds. The molecule has 0 saturated heterocycles. The number of aromatic nitrogens is 2. The topological polar surface area (TPSA) is 104 Å². The number of hydrogen-bond donors (Lipinski definition) is 1. The molecule has 0 aliphatic heterocycles. The van der Waals surface area contributed by atoms with Crippen molar-refractivity contribution in [1.29, 1.82) is 0 Å². The molecule has 0 fully saturated rings. The van der Waals surface area contributed by atoms with Crippen LogP contribution in [0.2, 0.25) is 5.02 Å². The van der Waals surface area contributed by atoms with Crippen LogP contribution in [0.15, 0.2) is 30.6 Å². The van der Waals surface area contributed by atoms with E-state index < -0.39 is 10.6 Å². The van der Waals surface area contributed by atoms with Crippen LogP contribution < -0.4 is 10.5 Å². The van der Waals surface area contributed by atoms with Gasteiger partial charge >= 0.3 is 5.69 Å². The fourth-order valence-corrected chi connectivity index (χ4v) is 1.60. The summed E-state index contributed by atoms with van der Waals surface area (Å²) in [5.41, 5.74) is 5.66. The van der Waals surface area contributed by atoms with Crippen LogP contribution in [0.25, 0.3) is 0 Å². The highest BCUT2D eigenvalue weighted by Gasteiger charge is 2.22. The zero-order valence-electron chi connectivity index (χ0n) is 9.62. The van der Waals surface area contributed by atoms with E-state index >= 15 is 0 Å². The number of nitro groups is 1. The second-order valence-corrected chi connectivity index (χ2v) is 3.96.